The number of aromatic nitrogens is 1. The van der Waals surface area contributed by atoms with Crippen LogP contribution in [0, 0.1) is 10.1 Å². The van der Waals surface area contributed by atoms with E-state index in [0.29, 0.717) is 28.0 Å². The van der Waals surface area contributed by atoms with Crippen LogP contribution in [-0.2, 0) is 23.1 Å². The number of nitrogens with one attached hydrogen (secondary N) is 1. The smallest absolute Gasteiger partial charge is 0.269 e. The molecule has 1 aromatic heterocycles. The highest BCUT2D eigenvalue weighted by molar-refractivity contribution is 7.89. The van der Waals surface area contributed by atoms with Crippen LogP contribution in [0.25, 0.3) is 10.9 Å². The number of H-pyrrole nitrogens is 1. The first kappa shape index (κ1) is 24.9. The van der Waals surface area contributed by atoms with E-state index in [1.807, 2.05) is 0 Å². The maximum atomic E-state index is 13.6. The lowest BCUT2D eigenvalue weighted by atomic mass is 10.1. The molecule has 0 radical (unpaired) electrons. The largest absolute Gasteiger partial charge is 0.497 e. The van der Waals surface area contributed by atoms with Gasteiger partial charge in [0.2, 0.25) is 10.0 Å². The summed E-state index contributed by atoms with van der Waals surface area (Å²) in [6.45, 7) is -0.271. The predicted octanol–water partition coefficient (Wildman–Crippen LogP) is 3.84. The van der Waals surface area contributed by atoms with Crippen molar-refractivity contribution in [3.63, 3.8) is 0 Å². The van der Waals surface area contributed by atoms with E-state index in [1.54, 1.807) is 48.5 Å². The molecule has 0 aliphatic rings. The monoisotopic (exact) mass is 509 g/mol. The van der Waals surface area contributed by atoms with E-state index in [4.69, 9.17) is 9.47 Å². The van der Waals surface area contributed by atoms with Gasteiger partial charge in [-0.25, -0.2) is 8.42 Å². The van der Waals surface area contributed by atoms with Gasteiger partial charge in [-0.2, -0.15) is 4.31 Å². The van der Waals surface area contributed by atoms with Crippen LogP contribution in [0.5, 0.6) is 11.5 Å². The number of ether oxygens (including phenoxy) is 2. The van der Waals surface area contributed by atoms with E-state index in [2.05, 4.69) is 4.98 Å². The second-order valence-corrected chi connectivity index (χ2v) is 9.89. The van der Waals surface area contributed by atoms with Crippen LogP contribution in [0.4, 0.5) is 5.69 Å². The first-order valence-corrected chi connectivity index (χ1v) is 12.2. The summed E-state index contributed by atoms with van der Waals surface area (Å²) < 4.78 is 38.8. The number of fused-ring (bicyclic) bond motifs is 1. The molecule has 0 unspecified atom stereocenters. The molecule has 0 saturated heterocycles. The summed E-state index contributed by atoms with van der Waals surface area (Å²) in [4.78, 5) is 25.9. The van der Waals surface area contributed by atoms with Crippen molar-refractivity contribution in [1.82, 2.24) is 9.29 Å². The molecule has 3 aromatic carbocycles. The predicted molar refractivity (Wildman–Crippen MR) is 134 cm³/mol. The van der Waals surface area contributed by atoms with E-state index >= 15 is 0 Å². The number of benzene rings is 3. The molecule has 1 heterocycles. The quantitative estimate of drug-likeness (QED) is 0.268. The van der Waals surface area contributed by atoms with Crippen molar-refractivity contribution in [1.29, 1.82) is 0 Å². The minimum absolute atomic E-state index is 0.0428. The van der Waals surface area contributed by atoms with Crippen molar-refractivity contribution in [2.45, 2.75) is 18.0 Å². The maximum Gasteiger partial charge on any atom is 0.269 e. The molecule has 0 bridgehead atoms. The average Bonchev–Trinajstić information content (AvgIpc) is 2.88. The lowest BCUT2D eigenvalue weighted by molar-refractivity contribution is -0.384. The van der Waals surface area contributed by atoms with E-state index < -0.39 is 20.5 Å². The molecule has 10 nitrogen and oxygen atoms in total. The fraction of sp³-hybridized carbons (Fsp3) is 0.160. The molecule has 0 fully saturated rings. The van der Waals surface area contributed by atoms with Crippen LogP contribution in [0.1, 0.15) is 11.1 Å². The van der Waals surface area contributed by atoms with Crippen molar-refractivity contribution in [2.75, 3.05) is 14.2 Å². The Labute approximate surface area is 206 Å². The van der Waals surface area contributed by atoms with Gasteiger partial charge in [0.15, 0.2) is 0 Å². The Balaban J connectivity index is 1.76. The number of nitro groups is 1. The number of nitro benzene ring substituents is 1. The van der Waals surface area contributed by atoms with Crippen LogP contribution < -0.4 is 15.0 Å². The highest BCUT2D eigenvalue weighted by Crippen LogP contribution is 2.25. The normalized spacial score (nSPS) is 11.5. The number of rotatable bonds is 9. The summed E-state index contributed by atoms with van der Waals surface area (Å²) in [7, 11) is -1.08. The lowest BCUT2D eigenvalue weighted by Crippen LogP contribution is -2.32. The number of sulfonamides is 1. The van der Waals surface area contributed by atoms with Crippen molar-refractivity contribution in [2.24, 2.45) is 0 Å². The average molecular weight is 510 g/mol. The van der Waals surface area contributed by atoms with Crippen LogP contribution in [-0.4, -0.2) is 36.8 Å². The van der Waals surface area contributed by atoms with E-state index in [1.165, 1.54) is 26.4 Å². The van der Waals surface area contributed by atoms with Crippen LogP contribution in [0.15, 0.2) is 82.5 Å². The maximum absolute atomic E-state index is 13.6. The third-order valence-electron chi connectivity index (χ3n) is 5.68. The Morgan fingerprint density at radius 3 is 2.14 bits per heavy atom. The van der Waals surface area contributed by atoms with Gasteiger partial charge in [-0.3, -0.25) is 14.9 Å². The van der Waals surface area contributed by atoms with Crippen LogP contribution in [0.2, 0.25) is 0 Å². The van der Waals surface area contributed by atoms with E-state index in [0.717, 1.165) is 16.4 Å². The molecular formula is C25H23N3O7S. The van der Waals surface area contributed by atoms with Crippen molar-refractivity contribution in [3.05, 3.63) is 104 Å². The Kier molecular flexibility index (Phi) is 7.04. The standard InChI is InChI=1S/C25H23N3O7S/c1-34-21-7-3-17(4-8-21)15-27(36(32,33)23-10-5-20(6-11-23)28(30)31)16-19-13-18-14-22(35-2)9-12-24(18)26-25(19)29/h3-14H,15-16H2,1-2H3,(H,26,29). The number of hydrogen-bond acceptors (Lipinski definition) is 7. The van der Waals surface area contributed by atoms with Gasteiger partial charge in [0.1, 0.15) is 11.5 Å². The highest BCUT2D eigenvalue weighted by atomic mass is 32.2. The first-order chi connectivity index (χ1) is 17.2. The van der Waals surface area contributed by atoms with Gasteiger partial charge >= 0.3 is 0 Å². The third-order valence-corrected chi connectivity index (χ3v) is 7.48. The van der Waals surface area contributed by atoms with Crippen LogP contribution >= 0.6 is 0 Å². The second kappa shape index (κ2) is 10.2. The van der Waals surface area contributed by atoms with Crippen LogP contribution in [0.3, 0.4) is 0 Å². The summed E-state index contributed by atoms with van der Waals surface area (Å²) in [6.07, 6.45) is 0. The second-order valence-electron chi connectivity index (χ2n) is 7.95. The number of methoxy groups -OCH3 is 2. The van der Waals surface area contributed by atoms with Gasteiger partial charge in [0.25, 0.3) is 11.2 Å². The number of nitrogens with zero attached hydrogens (tertiary/aromatic N) is 2. The summed E-state index contributed by atoms with van der Waals surface area (Å²) in [5.74, 6) is 1.21. The van der Waals surface area contributed by atoms with Gasteiger partial charge < -0.3 is 14.5 Å². The van der Waals surface area contributed by atoms with Gasteiger partial charge in [0.05, 0.1) is 24.0 Å². The van der Waals surface area contributed by atoms with E-state index in [9.17, 15) is 23.3 Å². The topological polar surface area (TPSA) is 132 Å². The first-order valence-electron chi connectivity index (χ1n) is 10.8. The summed E-state index contributed by atoms with van der Waals surface area (Å²) in [5.41, 5.74) is 0.835. The van der Waals surface area contributed by atoms with Gasteiger partial charge in [-0.05, 0) is 54.1 Å². The molecule has 0 saturated carbocycles. The molecule has 4 rings (SSSR count). The fourth-order valence-corrected chi connectivity index (χ4v) is 5.12. The van der Waals surface area contributed by atoms with E-state index in [-0.39, 0.29) is 29.2 Å². The zero-order valence-corrected chi connectivity index (χ0v) is 20.3. The Morgan fingerprint density at radius 1 is 0.889 bits per heavy atom. The molecular weight excluding hydrogens is 486 g/mol. The summed E-state index contributed by atoms with van der Waals surface area (Å²) >= 11 is 0. The Bertz CT molecular complexity index is 1560. The zero-order valence-electron chi connectivity index (χ0n) is 19.5. The zero-order chi connectivity index (χ0) is 25.9. The van der Waals surface area contributed by atoms with Gasteiger partial charge in [0, 0.05) is 41.7 Å². The third kappa shape index (κ3) is 5.21. The summed E-state index contributed by atoms with van der Waals surface area (Å²) in [6, 6.07) is 18.3. The van der Waals surface area contributed by atoms with Crippen molar-refractivity contribution in [3.8, 4) is 11.5 Å². The lowest BCUT2D eigenvalue weighted by Gasteiger charge is -2.22. The number of aromatic amines is 1. The molecule has 11 heteroatoms. The molecule has 186 valence electrons. The van der Waals surface area contributed by atoms with Crippen molar-refractivity contribution >= 4 is 26.6 Å². The van der Waals surface area contributed by atoms with Gasteiger partial charge in [-0.15, -0.1) is 0 Å². The SMILES string of the molecule is COc1ccc(CN(Cc2cc3cc(OC)ccc3[nH]c2=O)S(=O)(=O)c2ccc([N+](=O)[O-])cc2)cc1. The molecule has 0 aliphatic carbocycles. The fourth-order valence-electron chi connectivity index (χ4n) is 3.71. The number of pyridine rings is 1. The minimum Gasteiger partial charge on any atom is -0.497 e. The molecule has 1 N–H and O–H groups in total. The molecule has 36 heavy (non-hydrogen) atoms. The summed E-state index contributed by atoms with van der Waals surface area (Å²) in [5, 5.41) is 11.7. The minimum atomic E-state index is -4.14. The number of hydrogen-bond donors (Lipinski definition) is 1. The number of non-ortho nitro benzene ring substituents is 1. The molecule has 0 amide bonds. The van der Waals surface area contributed by atoms with Gasteiger partial charge in [-0.1, -0.05) is 12.1 Å². The molecule has 4 aromatic rings. The molecule has 0 aliphatic heterocycles. The van der Waals surface area contributed by atoms with Crippen molar-refractivity contribution < 1.29 is 22.8 Å². The Hall–Kier alpha value is -4.22. The molecule has 0 spiro atoms. The Morgan fingerprint density at radius 2 is 1.53 bits per heavy atom. The molecule has 0 atom stereocenters. The highest BCUT2D eigenvalue weighted by Gasteiger charge is 2.27.